The minimum Gasteiger partial charge on any atom is -0.372 e. The molecule has 2 aromatic rings. The molecule has 0 radical (unpaired) electrons. The van der Waals surface area contributed by atoms with Crippen LogP contribution < -0.4 is 9.80 Å². The molecule has 0 aromatic heterocycles. The summed E-state index contributed by atoms with van der Waals surface area (Å²) in [5.74, 6) is 0. The normalized spacial score (nSPS) is 11.2. The summed E-state index contributed by atoms with van der Waals surface area (Å²) in [6.45, 7) is 16.5. The van der Waals surface area contributed by atoms with Crippen LogP contribution in [0.15, 0.2) is 48.5 Å². The number of hydrogen-bond donors (Lipinski definition) is 0. The lowest BCUT2D eigenvalue weighted by atomic mass is 10.00. The molecule has 0 unspecified atom stereocenters. The van der Waals surface area contributed by atoms with Crippen LogP contribution in [0, 0.1) is 0 Å². The molecule has 2 rings (SSSR count). The number of nitrogens with zero attached hydrogens (tertiary/aromatic N) is 2. The molecule has 0 aliphatic rings. The van der Waals surface area contributed by atoms with Gasteiger partial charge in [0.2, 0.25) is 0 Å². The van der Waals surface area contributed by atoms with Crippen molar-refractivity contribution in [1.82, 2.24) is 0 Å². The van der Waals surface area contributed by atoms with Crippen molar-refractivity contribution in [2.45, 2.75) is 85.7 Å². The quantitative estimate of drug-likeness (QED) is 0.225. The number of rotatable bonds is 17. The van der Waals surface area contributed by atoms with Gasteiger partial charge in [0.1, 0.15) is 6.10 Å². The van der Waals surface area contributed by atoms with Crippen LogP contribution >= 0.6 is 0 Å². The van der Waals surface area contributed by atoms with Gasteiger partial charge in [-0.15, -0.1) is 0 Å². The van der Waals surface area contributed by atoms with Crippen molar-refractivity contribution < 1.29 is 4.74 Å². The molecule has 0 saturated carbocycles. The third-order valence-corrected chi connectivity index (χ3v) is 6.13. The molecule has 3 heteroatoms. The van der Waals surface area contributed by atoms with Crippen molar-refractivity contribution in [1.29, 1.82) is 0 Å². The Bertz CT molecular complexity index is 669. The van der Waals surface area contributed by atoms with E-state index in [0.29, 0.717) is 0 Å². The Morgan fingerprint density at radius 2 is 0.939 bits per heavy atom. The monoisotopic (exact) mass is 452 g/mol. The first-order valence-corrected chi connectivity index (χ1v) is 13.5. The number of unbranched alkanes of at least 4 members (excludes halogenated alkanes) is 2. The average Bonchev–Trinajstić information content (AvgIpc) is 2.84. The molecule has 0 saturated heterocycles. The van der Waals surface area contributed by atoms with Gasteiger partial charge in [-0.25, -0.2) is 0 Å². The number of anilines is 2. The van der Waals surface area contributed by atoms with E-state index in [4.69, 9.17) is 4.74 Å². The second kappa shape index (κ2) is 15.8. The van der Waals surface area contributed by atoms with Gasteiger partial charge >= 0.3 is 0 Å². The third-order valence-electron chi connectivity index (χ3n) is 6.13. The fourth-order valence-corrected chi connectivity index (χ4v) is 4.48. The Labute approximate surface area is 204 Å². The van der Waals surface area contributed by atoms with Crippen LogP contribution in [0.25, 0.3) is 0 Å². The summed E-state index contributed by atoms with van der Waals surface area (Å²) in [6, 6.07) is 18.2. The predicted octanol–water partition coefficient (Wildman–Crippen LogP) is 8.24. The molecule has 2 aromatic carbocycles. The molecule has 0 atom stereocenters. The van der Waals surface area contributed by atoms with Crippen molar-refractivity contribution in [2.24, 2.45) is 0 Å². The van der Waals surface area contributed by atoms with Crippen LogP contribution in [-0.2, 0) is 4.74 Å². The average molecular weight is 453 g/mol. The van der Waals surface area contributed by atoms with Crippen LogP contribution in [0.2, 0.25) is 0 Å². The van der Waals surface area contributed by atoms with Crippen molar-refractivity contribution >= 4 is 11.4 Å². The van der Waals surface area contributed by atoms with E-state index < -0.39 is 0 Å². The number of ether oxygens (including phenoxy) is 1. The Hall–Kier alpha value is -2.00. The van der Waals surface area contributed by atoms with Gasteiger partial charge in [-0.3, -0.25) is 0 Å². The van der Waals surface area contributed by atoms with Gasteiger partial charge in [0, 0.05) is 44.2 Å². The smallest absolute Gasteiger partial charge is 0.108 e. The van der Waals surface area contributed by atoms with Crippen molar-refractivity contribution in [3.8, 4) is 0 Å². The molecule has 0 spiro atoms. The van der Waals surface area contributed by atoms with Gasteiger partial charge in [0.05, 0.1) is 0 Å². The first-order chi connectivity index (χ1) is 16.2. The standard InChI is InChI=1S/C30H48N2O/c1-6-11-12-25-33-30(26-13-17-28(18-14-26)31(21-7-2)22-8-3)27-15-19-29(20-16-27)32(23-9-4)24-10-5/h13-20,30H,6-12,21-25H2,1-5H3. The van der Waals surface area contributed by atoms with Gasteiger partial charge < -0.3 is 14.5 Å². The number of hydrogen-bond acceptors (Lipinski definition) is 3. The van der Waals surface area contributed by atoms with E-state index in [9.17, 15) is 0 Å². The highest BCUT2D eigenvalue weighted by Crippen LogP contribution is 2.30. The van der Waals surface area contributed by atoms with E-state index in [2.05, 4.69) is 92.9 Å². The van der Waals surface area contributed by atoms with Gasteiger partial charge in [0.15, 0.2) is 0 Å². The van der Waals surface area contributed by atoms with Crippen molar-refractivity contribution in [2.75, 3.05) is 42.6 Å². The Morgan fingerprint density at radius 3 is 1.27 bits per heavy atom. The largest absolute Gasteiger partial charge is 0.372 e. The molecule has 0 bridgehead atoms. The highest BCUT2D eigenvalue weighted by atomic mass is 16.5. The number of benzene rings is 2. The van der Waals surface area contributed by atoms with Gasteiger partial charge in [0.25, 0.3) is 0 Å². The van der Waals surface area contributed by atoms with E-state index in [1.165, 1.54) is 61.0 Å². The first kappa shape index (κ1) is 27.2. The molecular weight excluding hydrogens is 404 g/mol. The summed E-state index contributed by atoms with van der Waals surface area (Å²) in [7, 11) is 0. The van der Waals surface area contributed by atoms with Gasteiger partial charge in [-0.2, -0.15) is 0 Å². The van der Waals surface area contributed by atoms with Crippen LogP contribution in [0.1, 0.15) is 96.8 Å². The maximum Gasteiger partial charge on any atom is 0.108 e. The highest BCUT2D eigenvalue weighted by molar-refractivity contribution is 5.51. The van der Waals surface area contributed by atoms with E-state index in [0.717, 1.165) is 39.2 Å². The minimum absolute atomic E-state index is 0.0124. The lowest BCUT2D eigenvalue weighted by molar-refractivity contribution is 0.0771. The lowest BCUT2D eigenvalue weighted by Gasteiger charge is -2.26. The summed E-state index contributed by atoms with van der Waals surface area (Å²) < 4.78 is 6.48. The zero-order chi connectivity index (χ0) is 23.9. The lowest BCUT2D eigenvalue weighted by Crippen LogP contribution is -2.25. The van der Waals surface area contributed by atoms with E-state index in [1.54, 1.807) is 0 Å². The Kier molecular flexibility index (Phi) is 13.0. The topological polar surface area (TPSA) is 15.7 Å². The Balaban J connectivity index is 2.25. The summed E-state index contributed by atoms with van der Waals surface area (Å²) >= 11 is 0. The van der Waals surface area contributed by atoms with Gasteiger partial charge in [-0.1, -0.05) is 71.7 Å². The second-order valence-electron chi connectivity index (χ2n) is 9.12. The van der Waals surface area contributed by atoms with Crippen LogP contribution in [0.4, 0.5) is 11.4 Å². The van der Waals surface area contributed by atoms with Gasteiger partial charge in [-0.05, 0) is 67.5 Å². The fourth-order valence-electron chi connectivity index (χ4n) is 4.48. The van der Waals surface area contributed by atoms with E-state index >= 15 is 0 Å². The molecular formula is C30H48N2O. The SMILES string of the molecule is CCCCCOC(c1ccc(N(CCC)CCC)cc1)c1ccc(N(CCC)CCC)cc1. The second-order valence-corrected chi connectivity index (χ2v) is 9.12. The maximum atomic E-state index is 6.48. The zero-order valence-electron chi connectivity index (χ0n) is 22.0. The Morgan fingerprint density at radius 1 is 0.545 bits per heavy atom. The molecule has 0 N–H and O–H groups in total. The minimum atomic E-state index is -0.0124. The molecule has 0 aliphatic carbocycles. The predicted molar refractivity (Wildman–Crippen MR) is 146 cm³/mol. The molecule has 0 amide bonds. The molecule has 0 heterocycles. The third kappa shape index (κ3) is 8.70. The van der Waals surface area contributed by atoms with Crippen molar-refractivity contribution in [3.05, 3.63) is 59.7 Å². The zero-order valence-corrected chi connectivity index (χ0v) is 22.0. The molecule has 184 valence electrons. The summed E-state index contributed by atoms with van der Waals surface area (Å²) in [5, 5.41) is 0. The van der Waals surface area contributed by atoms with Crippen LogP contribution in [-0.4, -0.2) is 32.8 Å². The maximum absolute atomic E-state index is 6.48. The summed E-state index contributed by atoms with van der Waals surface area (Å²) in [5.41, 5.74) is 5.12. The molecule has 0 fully saturated rings. The summed E-state index contributed by atoms with van der Waals surface area (Å²) in [6.07, 6.45) is 8.22. The summed E-state index contributed by atoms with van der Waals surface area (Å²) in [4.78, 5) is 4.98. The molecule has 3 nitrogen and oxygen atoms in total. The van der Waals surface area contributed by atoms with E-state index in [-0.39, 0.29) is 6.10 Å². The highest BCUT2D eigenvalue weighted by Gasteiger charge is 2.16. The molecule has 0 aliphatic heterocycles. The van der Waals surface area contributed by atoms with Crippen molar-refractivity contribution in [3.63, 3.8) is 0 Å². The van der Waals surface area contributed by atoms with Crippen LogP contribution in [0.3, 0.4) is 0 Å². The first-order valence-electron chi connectivity index (χ1n) is 13.5. The fraction of sp³-hybridized carbons (Fsp3) is 0.600. The van der Waals surface area contributed by atoms with E-state index in [1.807, 2.05) is 0 Å². The van der Waals surface area contributed by atoms with Crippen LogP contribution in [0.5, 0.6) is 0 Å². The molecule has 33 heavy (non-hydrogen) atoms.